The normalized spacial score (nSPS) is 10.8. The maximum absolute atomic E-state index is 5.56. The largest absolute Gasteiger partial charge is 0.382 e. The summed E-state index contributed by atoms with van der Waals surface area (Å²) in [4.78, 5) is 0. The van der Waals surface area contributed by atoms with E-state index in [9.17, 15) is 0 Å². The van der Waals surface area contributed by atoms with Crippen LogP contribution in [0, 0.1) is 0 Å². The molecule has 0 saturated carbocycles. The van der Waals surface area contributed by atoms with Crippen molar-refractivity contribution < 1.29 is 9.47 Å². The van der Waals surface area contributed by atoms with Gasteiger partial charge in [-0.15, -0.1) is 0 Å². The first-order chi connectivity index (χ1) is 7.38. The molecule has 1 aromatic rings. The molecule has 0 atom stereocenters. The minimum absolute atomic E-state index is 0.532. The van der Waals surface area contributed by atoms with Gasteiger partial charge < -0.3 is 15.2 Å². The summed E-state index contributed by atoms with van der Waals surface area (Å²) in [5.74, 6) is 0. The monoisotopic (exact) mass is 213 g/mol. The molecule has 1 aromatic heterocycles. The number of rotatable bonds is 8. The van der Waals surface area contributed by atoms with Gasteiger partial charge in [0.15, 0.2) is 0 Å². The third-order valence-corrected chi connectivity index (χ3v) is 2.10. The van der Waals surface area contributed by atoms with Gasteiger partial charge in [-0.25, -0.2) is 0 Å². The van der Waals surface area contributed by atoms with Crippen molar-refractivity contribution in [2.45, 2.75) is 19.5 Å². The zero-order valence-electron chi connectivity index (χ0n) is 9.19. The molecule has 0 fully saturated rings. The van der Waals surface area contributed by atoms with E-state index in [0.29, 0.717) is 19.8 Å². The predicted molar refractivity (Wildman–Crippen MR) is 57.4 cm³/mol. The lowest BCUT2D eigenvalue weighted by Crippen LogP contribution is -2.11. The van der Waals surface area contributed by atoms with Gasteiger partial charge >= 0.3 is 0 Å². The van der Waals surface area contributed by atoms with E-state index in [0.717, 1.165) is 25.3 Å². The SMILES string of the molecule is COCCOCCCn1nccc1CN. The molecule has 0 bridgehead atoms. The van der Waals surface area contributed by atoms with Gasteiger partial charge in [-0.3, -0.25) is 4.68 Å². The second-order valence-corrected chi connectivity index (χ2v) is 3.21. The topological polar surface area (TPSA) is 62.3 Å². The van der Waals surface area contributed by atoms with E-state index in [-0.39, 0.29) is 0 Å². The molecule has 0 spiro atoms. The molecule has 0 saturated heterocycles. The van der Waals surface area contributed by atoms with Crippen molar-refractivity contribution in [3.05, 3.63) is 18.0 Å². The van der Waals surface area contributed by atoms with E-state index in [1.807, 2.05) is 10.7 Å². The number of methoxy groups -OCH3 is 1. The van der Waals surface area contributed by atoms with Crippen LogP contribution in [0.15, 0.2) is 12.3 Å². The number of hydrogen-bond acceptors (Lipinski definition) is 4. The van der Waals surface area contributed by atoms with Crippen molar-refractivity contribution in [2.75, 3.05) is 26.9 Å². The molecule has 5 nitrogen and oxygen atoms in total. The van der Waals surface area contributed by atoms with E-state index in [1.165, 1.54) is 0 Å². The second kappa shape index (κ2) is 7.39. The Hall–Kier alpha value is -0.910. The molecule has 5 heteroatoms. The molecule has 0 aliphatic heterocycles. The van der Waals surface area contributed by atoms with Gasteiger partial charge in [-0.2, -0.15) is 5.10 Å². The molecule has 1 rings (SSSR count). The van der Waals surface area contributed by atoms with Crippen molar-refractivity contribution in [1.29, 1.82) is 0 Å². The van der Waals surface area contributed by atoms with Crippen LogP contribution in [0.3, 0.4) is 0 Å². The molecule has 0 amide bonds. The van der Waals surface area contributed by atoms with Crippen LogP contribution in [-0.2, 0) is 22.6 Å². The molecular weight excluding hydrogens is 194 g/mol. The minimum Gasteiger partial charge on any atom is -0.382 e. The smallest absolute Gasteiger partial charge is 0.0700 e. The lowest BCUT2D eigenvalue weighted by Gasteiger charge is -2.06. The Morgan fingerprint density at radius 2 is 2.27 bits per heavy atom. The van der Waals surface area contributed by atoms with Crippen LogP contribution in [0.1, 0.15) is 12.1 Å². The third kappa shape index (κ3) is 4.42. The first-order valence-corrected chi connectivity index (χ1v) is 5.16. The molecule has 15 heavy (non-hydrogen) atoms. The number of aryl methyl sites for hydroxylation is 1. The van der Waals surface area contributed by atoms with Crippen molar-refractivity contribution in [3.8, 4) is 0 Å². The Labute approximate surface area is 90.2 Å². The third-order valence-electron chi connectivity index (χ3n) is 2.10. The lowest BCUT2D eigenvalue weighted by molar-refractivity contribution is 0.0676. The van der Waals surface area contributed by atoms with Gasteiger partial charge in [0.05, 0.1) is 18.9 Å². The average molecular weight is 213 g/mol. The highest BCUT2D eigenvalue weighted by molar-refractivity contribution is 4.99. The Morgan fingerprint density at radius 3 is 3.00 bits per heavy atom. The second-order valence-electron chi connectivity index (χ2n) is 3.21. The van der Waals surface area contributed by atoms with Crippen LogP contribution in [0.4, 0.5) is 0 Å². The summed E-state index contributed by atoms with van der Waals surface area (Å²) in [6, 6.07) is 1.94. The van der Waals surface area contributed by atoms with Crippen molar-refractivity contribution >= 4 is 0 Å². The van der Waals surface area contributed by atoms with Gasteiger partial charge in [-0.1, -0.05) is 0 Å². The van der Waals surface area contributed by atoms with E-state index in [1.54, 1.807) is 13.3 Å². The Bertz CT molecular complexity index is 263. The summed E-state index contributed by atoms with van der Waals surface area (Å²) < 4.78 is 12.1. The average Bonchev–Trinajstić information content (AvgIpc) is 2.70. The van der Waals surface area contributed by atoms with Gasteiger partial charge in [-0.05, 0) is 12.5 Å². The van der Waals surface area contributed by atoms with Crippen LogP contribution in [0.25, 0.3) is 0 Å². The lowest BCUT2D eigenvalue weighted by atomic mass is 10.4. The predicted octanol–water partition coefficient (Wildman–Crippen LogP) is 0.395. The molecule has 0 aliphatic carbocycles. The van der Waals surface area contributed by atoms with Gasteiger partial charge in [0.1, 0.15) is 0 Å². The Balaban J connectivity index is 2.09. The zero-order chi connectivity index (χ0) is 10.9. The number of aromatic nitrogens is 2. The van der Waals surface area contributed by atoms with Crippen LogP contribution in [0.5, 0.6) is 0 Å². The first-order valence-electron chi connectivity index (χ1n) is 5.16. The molecule has 0 radical (unpaired) electrons. The van der Waals surface area contributed by atoms with E-state index in [4.69, 9.17) is 15.2 Å². The van der Waals surface area contributed by atoms with Gasteiger partial charge in [0, 0.05) is 33.0 Å². The summed E-state index contributed by atoms with van der Waals surface area (Å²) in [6.07, 6.45) is 2.71. The van der Waals surface area contributed by atoms with Crippen molar-refractivity contribution in [3.63, 3.8) is 0 Å². The minimum atomic E-state index is 0.532. The summed E-state index contributed by atoms with van der Waals surface area (Å²) >= 11 is 0. The standard InChI is InChI=1S/C10H19N3O2/c1-14-7-8-15-6-2-5-13-10(9-11)3-4-12-13/h3-4H,2,5-9,11H2,1H3. The van der Waals surface area contributed by atoms with Crippen LogP contribution in [-0.4, -0.2) is 36.7 Å². The first kappa shape index (κ1) is 12.2. The molecular formula is C10H19N3O2. The molecule has 0 aliphatic rings. The van der Waals surface area contributed by atoms with Crippen LogP contribution >= 0.6 is 0 Å². The summed E-state index contributed by atoms with van der Waals surface area (Å²) in [7, 11) is 1.67. The summed E-state index contributed by atoms with van der Waals surface area (Å²) in [6.45, 7) is 3.42. The fourth-order valence-electron chi connectivity index (χ4n) is 1.30. The van der Waals surface area contributed by atoms with Crippen LogP contribution < -0.4 is 5.73 Å². The van der Waals surface area contributed by atoms with Crippen molar-refractivity contribution in [2.24, 2.45) is 5.73 Å². The Morgan fingerprint density at radius 1 is 1.40 bits per heavy atom. The molecule has 86 valence electrons. The number of nitrogens with two attached hydrogens (primary N) is 1. The van der Waals surface area contributed by atoms with Crippen LogP contribution in [0.2, 0.25) is 0 Å². The van der Waals surface area contributed by atoms with Gasteiger partial charge in [0.25, 0.3) is 0 Å². The number of nitrogens with zero attached hydrogens (tertiary/aromatic N) is 2. The molecule has 0 aromatic carbocycles. The Kier molecular flexibility index (Phi) is 5.99. The highest BCUT2D eigenvalue weighted by Crippen LogP contribution is 1.98. The fourth-order valence-corrected chi connectivity index (χ4v) is 1.30. The summed E-state index contributed by atoms with van der Waals surface area (Å²) in [5, 5.41) is 4.18. The fraction of sp³-hybridized carbons (Fsp3) is 0.700. The maximum Gasteiger partial charge on any atom is 0.0700 e. The quantitative estimate of drug-likeness (QED) is 0.635. The van der Waals surface area contributed by atoms with E-state index in [2.05, 4.69) is 5.10 Å². The molecule has 0 unspecified atom stereocenters. The molecule has 1 heterocycles. The number of ether oxygens (including phenoxy) is 2. The molecule has 2 N–H and O–H groups in total. The zero-order valence-corrected chi connectivity index (χ0v) is 9.19. The van der Waals surface area contributed by atoms with E-state index >= 15 is 0 Å². The van der Waals surface area contributed by atoms with E-state index < -0.39 is 0 Å². The highest BCUT2D eigenvalue weighted by Gasteiger charge is 1.99. The number of hydrogen-bond donors (Lipinski definition) is 1. The summed E-state index contributed by atoms with van der Waals surface area (Å²) in [5.41, 5.74) is 6.62. The highest BCUT2D eigenvalue weighted by atomic mass is 16.5. The van der Waals surface area contributed by atoms with Crippen molar-refractivity contribution in [1.82, 2.24) is 9.78 Å². The maximum atomic E-state index is 5.56. The van der Waals surface area contributed by atoms with Gasteiger partial charge in [0.2, 0.25) is 0 Å².